The summed E-state index contributed by atoms with van der Waals surface area (Å²) in [5.74, 6) is 0. The van der Waals surface area contributed by atoms with Crippen molar-refractivity contribution < 1.29 is 9.31 Å². The molecule has 6 rings (SSSR count). The fourth-order valence-corrected chi connectivity index (χ4v) is 4.88. The maximum Gasteiger partial charge on any atom is 0.495 e. The predicted molar refractivity (Wildman–Crippen MR) is 159 cm³/mol. The van der Waals surface area contributed by atoms with E-state index in [2.05, 4.69) is 104 Å². The lowest BCUT2D eigenvalue weighted by molar-refractivity contribution is 0.00578. The van der Waals surface area contributed by atoms with E-state index in [0.29, 0.717) is 0 Å². The maximum atomic E-state index is 6.48. The van der Waals surface area contributed by atoms with E-state index in [9.17, 15) is 0 Å². The summed E-state index contributed by atoms with van der Waals surface area (Å²) < 4.78 is 13.0. The molecule has 39 heavy (non-hydrogen) atoms. The van der Waals surface area contributed by atoms with Crippen LogP contribution >= 0.6 is 0 Å². The van der Waals surface area contributed by atoms with Crippen LogP contribution in [0.3, 0.4) is 0 Å². The standard InChI is InChI=1S/C34H31BN2O2/c1-33(2)34(3,4)39-35(38-33)30-20-19-28(24-11-15-26(16-12-24)31-9-5-7-21-36-31)23-29(30)25-13-17-27(18-14-25)32-10-6-8-22-37-32/h5-23H,1-4H3. The third kappa shape index (κ3) is 4.92. The van der Waals surface area contributed by atoms with Crippen molar-refractivity contribution in [1.82, 2.24) is 9.97 Å². The summed E-state index contributed by atoms with van der Waals surface area (Å²) in [5, 5.41) is 0. The van der Waals surface area contributed by atoms with Crippen LogP contribution in [0.1, 0.15) is 27.7 Å². The summed E-state index contributed by atoms with van der Waals surface area (Å²) >= 11 is 0. The molecule has 0 N–H and O–H groups in total. The summed E-state index contributed by atoms with van der Waals surface area (Å²) in [6.07, 6.45) is 3.64. The molecule has 1 fully saturated rings. The van der Waals surface area contributed by atoms with Crippen LogP contribution < -0.4 is 5.46 Å². The highest BCUT2D eigenvalue weighted by molar-refractivity contribution is 6.64. The zero-order valence-corrected chi connectivity index (χ0v) is 22.8. The normalized spacial score (nSPS) is 15.8. The van der Waals surface area contributed by atoms with Gasteiger partial charge < -0.3 is 9.31 Å². The second kappa shape index (κ2) is 9.92. The maximum absolute atomic E-state index is 6.48. The largest absolute Gasteiger partial charge is 0.495 e. The molecule has 3 aromatic carbocycles. The average Bonchev–Trinajstić information content (AvgIpc) is 3.20. The molecule has 0 spiro atoms. The molecule has 192 valence electrons. The van der Waals surface area contributed by atoms with Crippen molar-refractivity contribution in [1.29, 1.82) is 0 Å². The van der Waals surface area contributed by atoms with Crippen molar-refractivity contribution in [3.8, 4) is 44.8 Å². The average molecular weight is 510 g/mol. The summed E-state index contributed by atoms with van der Waals surface area (Å²) in [6.45, 7) is 8.36. The number of hydrogen-bond acceptors (Lipinski definition) is 4. The van der Waals surface area contributed by atoms with Crippen LogP contribution in [-0.4, -0.2) is 28.3 Å². The Labute approximate surface area is 230 Å². The first-order valence-electron chi connectivity index (χ1n) is 13.3. The monoisotopic (exact) mass is 510 g/mol. The fraction of sp³-hybridized carbons (Fsp3) is 0.176. The van der Waals surface area contributed by atoms with Gasteiger partial charge in [0.15, 0.2) is 0 Å². The predicted octanol–water partition coefficient (Wildman–Crippen LogP) is 7.44. The minimum atomic E-state index is -0.457. The van der Waals surface area contributed by atoms with Crippen molar-refractivity contribution in [3.05, 3.63) is 116 Å². The van der Waals surface area contributed by atoms with Crippen LogP contribution in [0.25, 0.3) is 44.8 Å². The first-order valence-corrected chi connectivity index (χ1v) is 13.3. The molecule has 0 saturated carbocycles. The number of pyridine rings is 2. The van der Waals surface area contributed by atoms with Gasteiger partial charge in [-0.3, -0.25) is 9.97 Å². The van der Waals surface area contributed by atoms with Gasteiger partial charge in [-0.15, -0.1) is 0 Å². The molecule has 0 unspecified atom stereocenters. The van der Waals surface area contributed by atoms with Gasteiger partial charge in [0.25, 0.3) is 0 Å². The number of nitrogens with zero attached hydrogens (tertiary/aromatic N) is 2. The quantitative estimate of drug-likeness (QED) is 0.231. The Hall–Kier alpha value is -4.06. The molecule has 1 aliphatic rings. The van der Waals surface area contributed by atoms with Gasteiger partial charge >= 0.3 is 7.12 Å². The topological polar surface area (TPSA) is 44.2 Å². The second-order valence-electron chi connectivity index (χ2n) is 11.0. The molecule has 0 amide bonds. The molecule has 0 radical (unpaired) electrons. The molecule has 0 atom stereocenters. The van der Waals surface area contributed by atoms with E-state index in [1.807, 2.05) is 48.8 Å². The summed E-state index contributed by atoms with van der Waals surface area (Å²) in [5.41, 5.74) is 8.75. The van der Waals surface area contributed by atoms with Crippen molar-refractivity contribution >= 4 is 12.6 Å². The van der Waals surface area contributed by atoms with Crippen LogP contribution in [0.15, 0.2) is 116 Å². The Morgan fingerprint density at radius 1 is 0.513 bits per heavy atom. The van der Waals surface area contributed by atoms with E-state index in [1.165, 1.54) is 0 Å². The van der Waals surface area contributed by atoms with Gasteiger partial charge in [-0.25, -0.2) is 0 Å². The Bertz CT molecular complexity index is 1570. The molecule has 1 saturated heterocycles. The summed E-state index contributed by atoms with van der Waals surface area (Å²) in [4.78, 5) is 8.98. The van der Waals surface area contributed by atoms with E-state index in [0.717, 1.165) is 50.2 Å². The molecule has 3 heterocycles. The van der Waals surface area contributed by atoms with Gasteiger partial charge in [-0.05, 0) is 85.7 Å². The van der Waals surface area contributed by atoms with Gasteiger partial charge in [-0.1, -0.05) is 72.8 Å². The number of rotatable bonds is 5. The highest BCUT2D eigenvalue weighted by atomic mass is 16.7. The van der Waals surface area contributed by atoms with Crippen LogP contribution in [0.5, 0.6) is 0 Å². The molecule has 0 bridgehead atoms. The number of hydrogen-bond donors (Lipinski definition) is 0. The third-order valence-electron chi connectivity index (χ3n) is 7.90. The highest BCUT2D eigenvalue weighted by Crippen LogP contribution is 2.38. The van der Waals surface area contributed by atoms with Crippen molar-refractivity contribution in [3.63, 3.8) is 0 Å². The first kappa shape index (κ1) is 25.2. The van der Waals surface area contributed by atoms with E-state index in [1.54, 1.807) is 0 Å². The lowest BCUT2D eigenvalue weighted by atomic mass is 9.73. The van der Waals surface area contributed by atoms with Gasteiger partial charge in [0.05, 0.1) is 22.6 Å². The van der Waals surface area contributed by atoms with Crippen molar-refractivity contribution in [2.24, 2.45) is 0 Å². The highest BCUT2D eigenvalue weighted by Gasteiger charge is 2.52. The summed E-state index contributed by atoms with van der Waals surface area (Å²) in [6, 6.07) is 35.6. The Morgan fingerprint density at radius 2 is 0.974 bits per heavy atom. The Morgan fingerprint density at radius 3 is 1.46 bits per heavy atom. The number of benzene rings is 3. The lowest BCUT2D eigenvalue weighted by Gasteiger charge is -2.32. The van der Waals surface area contributed by atoms with E-state index in [-0.39, 0.29) is 0 Å². The zero-order chi connectivity index (χ0) is 27.0. The SMILES string of the molecule is CC1(C)OB(c2ccc(-c3ccc(-c4ccccn4)cc3)cc2-c2ccc(-c3ccccn3)cc2)OC1(C)C. The van der Waals surface area contributed by atoms with Gasteiger partial charge in [0, 0.05) is 23.5 Å². The Balaban J connectivity index is 1.40. The molecule has 5 aromatic rings. The van der Waals surface area contributed by atoms with E-state index in [4.69, 9.17) is 9.31 Å². The minimum absolute atomic E-state index is 0.419. The first-order chi connectivity index (χ1) is 18.8. The van der Waals surface area contributed by atoms with Crippen LogP contribution in [0, 0.1) is 0 Å². The molecule has 4 nitrogen and oxygen atoms in total. The number of aromatic nitrogens is 2. The molecular formula is C34H31BN2O2. The molecule has 5 heteroatoms. The summed E-state index contributed by atoms with van der Waals surface area (Å²) in [7, 11) is -0.457. The third-order valence-corrected chi connectivity index (χ3v) is 7.90. The van der Waals surface area contributed by atoms with E-state index >= 15 is 0 Å². The van der Waals surface area contributed by atoms with Gasteiger partial charge in [0.2, 0.25) is 0 Å². The smallest absolute Gasteiger partial charge is 0.399 e. The Kier molecular flexibility index (Phi) is 6.42. The van der Waals surface area contributed by atoms with E-state index < -0.39 is 18.3 Å². The van der Waals surface area contributed by atoms with Gasteiger partial charge in [-0.2, -0.15) is 0 Å². The fourth-order valence-electron chi connectivity index (χ4n) is 4.88. The van der Waals surface area contributed by atoms with Crippen molar-refractivity contribution in [2.75, 3.05) is 0 Å². The van der Waals surface area contributed by atoms with Crippen molar-refractivity contribution in [2.45, 2.75) is 38.9 Å². The molecule has 2 aromatic heterocycles. The minimum Gasteiger partial charge on any atom is -0.399 e. The van der Waals surface area contributed by atoms with Crippen LogP contribution in [0.2, 0.25) is 0 Å². The molecule has 1 aliphatic heterocycles. The lowest BCUT2D eigenvalue weighted by Crippen LogP contribution is -2.41. The molecular weight excluding hydrogens is 479 g/mol. The second-order valence-corrected chi connectivity index (χ2v) is 11.0. The zero-order valence-electron chi connectivity index (χ0n) is 22.8. The van der Waals surface area contributed by atoms with Gasteiger partial charge in [0.1, 0.15) is 0 Å². The van der Waals surface area contributed by atoms with Crippen LogP contribution in [-0.2, 0) is 9.31 Å². The molecule has 0 aliphatic carbocycles. The van der Waals surface area contributed by atoms with Crippen LogP contribution in [0.4, 0.5) is 0 Å².